The number of hydrogen-bond donors (Lipinski definition) is 0. The van der Waals surface area contributed by atoms with Crippen LogP contribution >= 0.6 is 34.5 Å². The molecule has 8 nitrogen and oxygen atoms in total. The van der Waals surface area contributed by atoms with E-state index in [0.29, 0.717) is 55.0 Å². The van der Waals surface area contributed by atoms with E-state index in [1.54, 1.807) is 17.3 Å². The fourth-order valence-electron chi connectivity index (χ4n) is 4.21. The van der Waals surface area contributed by atoms with Crippen molar-refractivity contribution in [2.24, 2.45) is 0 Å². The van der Waals surface area contributed by atoms with Crippen LogP contribution in [0.3, 0.4) is 0 Å². The van der Waals surface area contributed by atoms with Crippen molar-refractivity contribution < 1.29 is 14.3 Å². The van der Waals surface area contributed by atoms with Gasteiger partial charge >= 0.3 is 6.09 Å². The highest BCUT2D eigenvalue weighted by Crippen LogP contribution is 2.34. The van der Waals surface area contributed by atoms with Gasteiger partial charge in [0.1, 0.15) is 11.3 Å². The molecule has 0 spiro atoms. The maximum atomic E-state index is 13.1. The molecule has 34 heavy (non-hydrogen) atoms. The molecule has 2 aliphatic rings. The average Bonchev–Trinajstić information content (AvgIpc) is 3.28. The van der Waals surface area contributed by atoms with Gasteiger partial charge < -0.3 is 19.4 Å². The Morgan fingerprint density at radius 3 is 2.21 bits per heavy atom. The second kappa shape index (κ2) is 10.3. The summed E-state index contributed by atoms with van der Waals surface area (Å²) in [5.74, 6) is 0.193. The number of likely N-dealkylation sites (tertiary alicyclic amines) is 1. The molecule has 0 N–H and O–H groups in total. The molecule has 2 amide bonds. The van der Waals surface area contributed by atoms with Crippen LogP contribution in [0.4, 0.5) is 10.5 Å². The third kappa shape index (κ3) is 5.75. The average molecular weight is 526 g/mol. The zero-order valence-electron chi connectivity index (χ0n) is 19.6. The Morgan fingerprint density at radius 2 is 1.62 bits per heavy atom. The lowest BCUT2D eigenvalue weighted by atomic mass is 9.98. The van der Waals surface area contributed by atoms with E-state index in [4.69, 9.17) is 27.9 Å². The molecule has 0 saturated carbocycles. The van der Waals surface area contributed by atoms with E-state index in [1.807, 2.05) is 31.1 Å². The van der Waals surface area contributed by atoms with E-state index in [9.17, 15) is 9.59 Å². The summed E-state index contributed by atoms with van der Waals surface area (Å²) < 4.78 is 5.47. The van der Waals surface area contributed by atoms with Gasteiger partial charge in [-0.1, -0.05) is 23.2 Å². The molecule has 0 radical (unpaired) electrons. The first-order chi connectivity index (χ1) is 16.1. The first kappa shape index (κ1) is 25.0. The highest BCUT2D eigenvalue weighted by Gasteiger charge is 2.30. The summed E-state index contributed by atoms with van der Waals surface area (Å²) in [5.41, 5.74) is 0.753. The summed E-state index contributed by atoms with van der Waals surface area (Å²) in [7, 11) is 0. The first-order valence-corrected chi connectivity index (χ1v) is 13.0. The van der Waals surface area contributed by atoms with Gasteiger partial charge in [-0.2, -0.15) is 0 Å². The van der Waals surface area contributed by atoms with E-state index >= 15 is 0 Å². The quantitative estimate of drug-likeness (QED) is 0.565. The van der Waals surface area contributed by atoms with Crippen molar-refractivity contribution in [1.82, 2.24) is 19.8 Å². The number of piperidine rings is 1. The van der Waals surface area contributed by atoms with Crippen molar-refractivity contribution in [3.8, 4) is 0 Å². The van der Waals surface area contributed by atoms with Crippen LogP contribution in [0.25, 0.3) is 0 Å². The third-order valence-electron chi connectivity index (χ3n) is 5.95. The van der Waals surface area contributed by atoms with Crippen LogP contribution in [-0.2, 0) is 4.74 Å². The number of rotatable bonds is 3. The van der Waals surface area contributed by atoms with Crippen LogP contribution in [0.2, 0.25) is 10.0 Å². The third-order valence-corrected chi connectivity index (χ3v) is 7.51. The second-order valence-electron chi connectivity index (χ2n) is 9.54. The van der Waals surface area contributed by atoms with Crippen molar-refractivity contribution in [1.29, 1.82) is 0 Å². The highest BCUT2D eigenvalue weighted by atomic mass is 35.5. The number of aromatic nitrogens is 2. The molecule has 0 atom stereocenters. The Morgan fingerprint density at radius 1 is 1.00 bits per heavy atom. The summed E-state index contributed by atoms with van der Waals surface area (Å²) in [4.78, 5) is 39.7. The van der Waals surface area contributed by atoms with Gasteiger partial charge in [0.05, 0.1) is 20.7 Å². The lowest BCUT2D eigenvalue weighted by Gasteiger charge is -2.36. The van der Waals surface area contributed by atoms with E-state index in [-0.39, 0.29) is 17.9 Å². The Kier molecular flexibility index (Phi) is 7.54. The molecule has 0 unspecified atom stereocenters. The number of hydrogen-bond acceptors (Lipinski definition) is 7. The Hall–Kier alpha value is -2.10. The fraction of sp³-hybridized carbons (Fsp3) is 0.565. The van der Waals surface area contributed by atoms with Gasteiger partial charge in [-0.25, -0.2) is 9.78 Å². The summed E-state index contributed by atoms with van der Waals surface area (Å²) >= 11 is 14.1. The van der Waals surface area contributed by atoms with Crippen molar-refractivity contribution in [3.63, 3.8) is 0 Å². The van der Waals surface area contributed by atoms with E-state index in [2.05, 4.69) is 14.9 Å². The number of pyridine rings is 1. The second-order valence-corrected chi connectivity index (χ2v) is 11.2. The number of anilines is 1. The standard InChI is InChI=1S/C23H29Cl2N5O3S/c1-23(2,3)33-22(32)30-6-4-15(5-7-30)20-27-18(14-34-20)21(31)29-10-8-28(9-11-29)19-16(24)12-26-13-17(19)25/h12-15H,4-11H2,1-3H3. The van der Waals surface area contributed by atoms with Gasteiger partial charge in [0.15, 0.2) is 0 Å². The number of halogens is 2. The van der Waals surface area contributed by atoms with Gasteiger partial charge in [-0.3, -0.25) is 9.78 Å². The topological polar surface area (TPSA) is 78.9 Å². The molecular formula is C23H29Cl2N5O3S. The summed E-state index contributed by atoms with van der Waals surface area (Å²) in [5, 5.41) is 3.82. The minimum absolute atomic E-state index is 0.0553. The molecule has 2 aromatic rings. The van der Waals surface area contributed by atoms with E-state index < -0.39 is 5.60 Å². The molecule has 2 aromatic heterocycles. The van der Waals surface area contributed by atoms with Crippen LogP contribution in [0.15, 0.2) is 17.8 Å². The molecule has 2 saturated heterocycles. The van der Waals surface area contributed by atoms with Crippen LogP contribution in [0, 0.1) is 0 Å². The molecule has 11 heteroatoms. The summed E-state index contributed by atoms with van der Waals surface area (Å²) in [6, 6.07) is 0. The zero-order chi connectivity index (χ0) is 24.5. The van der Waals surface area contributed by atoms with Crippen LogP contribution in [0.1, 0.15) is 55.0 Å². The van der Waals surface area contributed by atoms with Gasteiger partial charge in [0, 0.05) is 63.0 Å². The molecule has 4 heterocycles. The van der Waals surface area contributed by atoms with Crippen molar-refractivity contribution >= 4 is 52.2 Å². The lowest BCUT2D eigenvalue weighted by molar-refractivity contribution is 0.0204. The van der Waals surface area contributed by atoms with Crippen LogP contribution in [0.5, 0.6) is 0 Å². The maximum Gasteiger partial charge on any atom is 0.410 e. The normalized spacial score (nSPS) is 17.7. The highest BCUT2D eigenvalue weighted by molar-refractivity contribution is 7.09. The Labute approximate surface area is 213 Å². The molecule has 4 rings (SSSR count). The minimum atomic E-state index is -0.499. The zero-order valence-corrected chi connectivity index (χ0v) is 21.9. The molecule has 0 bridgehead atoms. The maximum absolute atomic E-state index is 13.1. The monoisotopic (exact) mass is 525 g/mol. The summed E-state index contributed by atoms with van der Waals surface area (Å²) in [6.45, 7) is 9.27. The lowest BCUT2D eigenvalue weighted by Crippen LogP contribution is -2.49. The smallest absolute Gasteiger partial charge is 0.410 e. The number of carbonyl (C=O) groups is 2. The van der Waals surface area contributed by atoms with Gasteiger partial charge in [0.2, 0.25) is 0 Å². The molecular weight excluding hydrogens is 497 g/mol. The molecule has 2 fully saturated rings. The van der Waals surface area contributed by atoms with E-state index in [1.165, 1.54) is 11.3 Å². The Bertz CT molecular complexity index is 1020. The number of piperazine rings is 1. The molecule has 184 valence electrons. The van der Waals surface area contributed by atoms with Crippen LogP contribution in [-0.4, -0.2) is 76.6 Å². The van der Waals surface area contributed by atoms with Crippen LogP contribution < -0.4 is 4.90 Å². The number of carbonyl (C=O) groups excluding carboxylic acids is 2. The first-order valence-electron chi connectivity index (χ1n) is 11.4. The molecule has 0 aliphatic carbocycles. The largest absolute Gasteiger partial charge is 0.444 e. The number of amides is 2. The number of thiazole rings is 1. The Balaban J connectivity index is 1.31. The molecule has 0 aromatic carbocycles. The predicted octanol–water partition coefficient (Wildman–Crippen LogP) is 4.92. The van der Waals surface area contributed by atoms with E-state index in [0.717, 1.165) is 23.5 Å². The predicted molar refractivity (Wildman–Crippen MR) is 134 cm³/mol. The minimum Gasteiger partial charge on any atom is -0.444 e. The van der Waals surface area contributed by atoms with Crippen molar-refractivity contribution in [2.75, 3.05) is 44.2 Å². The van der Waals surface area contributed by atoms with Gasteiger partial charge in [-0.15, -0.1) is 11.3 Å². The van der Waals surface area contributed by atoms with Gasteiger partial charge in [-0.05, 0) is 33.6 Å². The number of ether oxygens (including phenoxy) is 1. The summed E-state index contributed by atoms with van der Waals surface area (Å²) in [6.07, 6.45) is 4.51. The van der Waals surface area contributed by atoms with Gasteiger partial charge in [0.25, 0.3) is 5.91 Å². The SMILES string of the molecule is CC(C)(C)OC(=O)N1CCC(c2nc(C(=O)N3CCN(c4c(Cl)cncc4Cl)CC3)cs2)CC1. The van der Waals surface area contributed by atoms with Crippen molar-refractivity contribution in [2.45, 2.75) is 45.1 Å². The number of nitrogens with zero attached hydrogens (tertiary/aromatic N) is 5. The van der Waals surface area contributed by atoms with Crippen molar-refractivity contribution in [3.05, 3.63) is 38.5 Å². The fourth-order valence-corrected chi connectivity index (χ4v) is 5.78. The molecule has 2 aliphatic heterocycles.